The number of aromatic nitrogens is 4. The van der Waals surface area contributed by atoms with Gasteiger partial charge in [0.15, 0.2) is 29.6 Å². The first-order chi connectivity index (χ1) is 14.9. The molecule has 0 spiro atoms. The first kappa shape index (κ1) is 20.2. The molecule has 3 saturated heterocycles. The molecule has 13 nitrogen and oxygen atoms in total. The number of nitrogen functional groups attached to an aromatic ring is 1. The van der Waals surface area contributed by atoms with E-state index in [1.807, 2.05) is 0 Å². The molecular formula is C18H21N5O8. The molecule has 3 N–H and O–H groups in total. The van der Waals surface area contributed by atoms with Gasteiger partial charge in [-0.25, -0.2) is 19.7 Å². The van der Waals surface area contributed by atoms with Gasteiger partial charge in [-0.15, -0.1) is 0 Å². The van der Waals surface area contributed by atoms with Crippen LogP contribution in [-0.2, 0) is 33.3 Å². The van der Waals surface area contributed by atoms with Gasteiger partial charge in [0.25, 0.3) is 5.79 Å². The number of nitrogens with zero attached hydrogens (tertiary/aromatic N) is 4. The Bertz CT molecular complexity index is 1050. The number of carbonyl (C=O) groups excluding carboxylic acids is 2. The Morgan fingerprint density at radius 2 is 2.13 bits per heavy atom. The lowest BCUT2D eigenvalue weighted by molar-refractivity contribution is -0.323. The van der Waals surface area contributed by atoms with Crippen LogP contribution in [0, 0.1) is 0 Å². The number of carbonyl (C=O) groups is 2. The maximum atomic E-state index is 12.7. The summed E-state index contributed by atoms with van der Waals surface area (Å²) in [7, 11) is 2.67. The maximum absolute atomic E-state index is 12.7. The first-order valence-electron chi connectivity index (χ1n) is 9.65. The van der Waals surface area contributed by atoms with Crippen molar-refractivity contribution < 1.29 is 38.4 Å². The lowest BCUT2D eigenvalue weighted by atomic mass is 9.87. The van der Waals surface area contributed by atoms with Crippen molar-refractivity contribution in [2.45, 2.75) is 55.4 Å². The molecule has 0 radical (unpaired) electrons. The molecule has 0 aliphatic carbocycles. The van der Waals surface area contributed by atoms with Crippen LogP contribution in [0.1, 0.15) is 19.1 Å². The highest BCUT2D eigenvalue weighted by Gasteiger charge is 2.63. The molecule has 3 fully saturated rings. The summed E-state index contributed by atoms with van der Waals surface area (Å²) in [6.45, 7) is 0. The normalized spacial score (nSPS) is 37.5. The van der Waals surface area contributed by atoms with E-state index in [-0.39, 0.29) is 18.7 Å². The van der Waals surface area contributed by atoms with Crippen molar-refractivity contribution in [3.8, 4) is 0 Å². The number of aliphatic hydroxyl groups is 1. The molecule has 3 aliphatic rings. The minimum Gasteiger partial charge on any atom is -0.467 e. The van der Waals surface area contributed by atoms with Crippen LogP contribution in [-0.4, -0.2) is 86.9 Å². The summed E-state index contributed by atoms with van der Waals surface area (Å²) in [4.78, 5) is 37.0. The molecule has 7 atom stereocenters. The second kappa shape index (κ2) is 7.17. The molecule has 2 aromatic heterocycles. The van der Waals surface area contributed by atoms with E-state index in [9.17, 15) is 14.7 Å². The predicted molar refractivity (Wildman–Crippen MR) is 99.2 cm³/mol. The van der Waals surface area contributed by atoms with E-state index in [0.717, 1.165) is 0 Å². The minimum atomic E-state index is -2.22. The number of esters is 1. The molecule has 166 valence electrons. The predicted octanol–water partition coefficient (Wildman–Crippen LogP) is -1.30. The number of nitrogens with two attached hydrogens (primary N) is 1. The third kappa shape index (κ3) is 2.92. The fourth-order valence-electron chi connectivity index (χ4n) is 4.45. The van der Waals surface area contributed by atoms with Gasteiger partial charge in [-0.3, -0.25) is 9.36 Å². The zero-order valence-corrected chi connectivity index (χ0v) is 16.7. The van der Waals surface area contributed by atoms with Gasteiger partial charge >= 0.3 is 5.97 Å². The number of ether oxygens (including phenoxy) is 5. The van der Waals surface area contributed by atoms with Gasteiger partial charge in [0.1, 0.15) is 30.2 Å². The van der Waals surface area contributed by atoms with Gasteiger partial charge in [0.05, 0.1) is 19.5 Å². The fourth-order valence-corrected chi connectivity index (χ4v) is 4.45. The summed E-state index contributed by atoms with van der Waals surface area (Å²) < 4.78 is 29.6. The number of Topliss-reactive ketones (excluding diaryl/α,β-unsaturated/α-hetero) is 1. The average molecular weight is 435 g/mol. The van der Waals surface area contributed by atoms with Gasteiger partial charge < -0.3 is 34.5 Å². The van der Waals surface area contributed by atoms with E-state index in [1.54, 1.807) is 4.57 Å². The molecule has 0 aromatic carbocycles. The van der Waals surface area contributed by atoms with Crippen LogP contribution in [0.2, 0.25) is 0 Å². The molecule has 31 heavy (non-hydrogen) atoms. The number of rotatable bonds is 3. The monoisotopic (exact) mass is 435 g/mol. The molecule has 0 bridgehead atoms. The zero-order valence-electron chi connectivity index (χ0n) is 16.7. The van der Waals surface area contributed by atoms with Crippen LogP contribution in [0.15, 0.2) is 12.7 Å². The number of hydrogen-bond donors (Lipinski definition) is 2. The molecule has 13 heteroatoms. The summed E-state index contributed by atoms with van der Waals surface area (Å²) in [6.07, 6.45) is -2.47. The van der Waals surface area contributed by atoms with Crippen LogP contribution in [0.4, 0.5) is 5.82 Å². The second-order valence-corrected chi connectivity index (χ2v) is 7.63. The molecular weight excluding hydrogens is 414 g/mol. The van der Waals surface area contributed by atoms with Gasteiger partial charge in [-0.1, -0.05) is 0 Å². The number of ketones is 1. The topological polar surface area (TPSA) is 170 Å². The number of hydrogen-bond acceptors (Lipinski definition) is 12. The molecule has 1 unspecified atom stereocenters. The van der Waals surface area contributed by atoms with Gasteiger partial charge in [0.2, 0.25) is 0 Å². The summed E-state index contributed by atoms with van der Waals surface area (Å²) in [5, 5.41) is 11.0. The van der Waals surface area contributed by atoms with E-state index in [0.29, 0.717) is 11.2 Å². The van der Waals surface area contributed by atoms with Gasteiger partial charge in [-0.05, 0) is 0 Å². The summed E-state index contributed by atoms with van der Waals surface area (Å²) in [6, 6.07) is 0. The Balaban J connectivity index is 1.46. The largest absolute Gasteiger partial charge is 0.467 e. The van der Waals surface area contributed by atoms with E-state index in [2.05, 4.69) is 19.7 Å². The fraction of sp³-hybridized carbons (Fsp3) is 0.611. The first-order valence-corrected chi connectivity index (χ1v) is 9.65. The van der Waals surface area contributed by atoms with Crippen molar-refractivity contribution in [3.05, 3.63) is 12.7 Å². The van der Waals surface area contributed by atoms with Crippen molar-refractivity contribution in [1.82, 2.24) is 19.5 Å². The third-order valence-electron chi connectivity index (χ3n) is 5.98. The highest BCUT2D eigenvalue weighted by Crippen LogP contribution is 2.45. The lowest BCUT2D eigenvalue weighted by Gasteiger charge is -2.46. The van der Waals surface area contributed by atoms with Crippen molar-refractivity contribution in [2.24, 2.45) is 0 Å². The van der Waals surface area contributed by atoms with E-state index >= 15 is 0 Å². The Labute approximate surface area is 175 Å². The van der Waals surface area contributed by atoms with E-state index in [4.69, 9.17) is 24.7 Å². The van der Waals surface area contributed by atoms with Crippen LogP contribution < -0.4 is 5.73 Å². The highest BCUT2D eigenvalue weighted by atomic mass is 16.7. The van der Waals surface area contributed by atoms with Crippen LogP contribution in [0.3, 0.4) is 0 Å². The van der Waals surface area contributed by atoms with Gasteiger partial charge in [0, 0.05) is 20.0 Å². The van der Waals surface area contributed by atoms with Crippen LogP contribution in [0.5, 0.6) is 0 Å². The Morgan fingerprint density at radius 3 is 2.87 bits per heavy atom. The summed E-state index contributed by atoms with van der Waals surface area (Å²) in [5.74, 6) is -3.36. The lowest BCUT2D eigenvalue weighted by Crippen LogP contribution is -2.66. The molecule has 0 amide bonds. The standard InChI is InChI=1S/C18H21N5O8/c1-27-13-12-7(30-16(13)23-6-22-11-14(19)20-5-21-15(11)23)4-10-18(26,31-12)9(24)3-8(29-10)17(25)28-2/h5-8,10,12-13,16,26H,3-4H2,1-2H3,(H2,19,20,21)/t7-,8+,10-,12+,13-,16?,18+/m1/s1. The zero-order chi connectivity index (χ0) is 21.9. The SMILES string of the molecule is COC(=O)[C@@H]1CC(=O)[C@]2(O)O[C@H]3[C@@H](C[C@H]2O1)OC(n1cnc2c(N)ncnc21)[C@@H]3OC. The van der Waals surface area contributed by atoms with Crippen molar-refractivity contribution in [3.63, 3.8) is 0 Å². The number of anilines is 1. The van der Waals surface area contributed by atoms with Crippen LogP contribution in [0.25, 0.3) is 11.2 Å². The maximum Gasteiger partial charge on any atom is 0.335 e. The van der Waals surface area contributed by atoms with Crippen molar-refractivity contribution >= 4 is 28.7 Å². The number of imidazole rings is 1. The average Bonchev–Trinajstić information content (AvgIpc) is 3.33. The molecule has 3 aliphatic heterocycles. The second-order valence-electron chi connectivity index (χ2n) is 7.63. The molecule has 0 saturated carbocycles. The molecule has 2 aromatic rings. The third-order valence-corrected chi connectivity index (χ3v) is 5.98. The highest BCUT2D eigenvalue weighted by molar-refractivity contribution is 5.92. The number of methoxy groups -OCH3 is 2. The van der Waals surface area contributed by atoms with Crippen molar-refractivity contribution in [1.29, 1.82) is 0 Å². The summed E-state index contributed by atoms with van der Waals surface area (Å²) >= 11 is 0. The Kier molecular flexibility index (Phi) is 4.67. The Morgan fingerprint density at radius 1 is 1.32 bits per heavy atom. The molecule has 5 heterocycles. The Hall–Kier alpha value is -2.71. The van der Waals surface area contributed by atoms with E-state index in [1.165, 1.54) is 26.9 Å². The van der Waals surface area contributed by atoms with Gasteiger partial charge in [-0.2, -0.15) is 0 Å². The van der Waals surface area contributed by atoms with Crippen LogP contribution >= 0.6 is 0 Å². The minimum absolute atomic E-state index is 0.0977. The van der Waals surface area contributed by atoms with Crippen molar-refractivity contribution in [2.75, 3.05) is 20.0 Å². The summed E-state index contributed by atoms with van der Waals surface area (Å²) in [5.41, 5.74) is 6.71. The quantitative estimate of drug-likeness (QED) is 0.547. The number of fused-ring (bicyclic) bond motifs is 3. The van der Waals surface area contributed by atoms with E-state index < -0.39 is 54.3 Å². The smallest absolute Gasteiger partial charge is 0.335 e. The molecule has 5 rings (SSSR count).